The summed E-state index contributed by atoms with van der Waals surface area (Å²) in [7, 11) is 0. The van der Waals surface area contributed by atoms with E-state index in [1.807, 2.05) is 24.3 Å². The Morgan fingerprint density at radius 3 is 2.69 bits per heavy atom. The van der Waals surface area contributed by atoms with Gasteiger partial charge in [-0.3, -0.25) is 14.6 Å². The average molecular weight is 479 g/mol. The summed E-state index contributed by atoms with van der Waals surface area (Å²) >= 11 is 0. The lowest BCUT2D eigenvalue weighted by Crippen LogP contribution is -2.41. The predicted molar refractivity (Wildman–Crippen MR) is 121 cm³/mol. The molecule has 1 atom stereocenters. The van der Waals surface area contributed by atoms with E-state index in [2.05, 4.69) is 15.3 Å². The number of benzene rings is 1. The Balaban J connectivity index is 1.42. The van der Waals surface area contributed by atoms with Crippen LogP contribution in [0, 0.1) is 0 Å². The first-order valence-corrected chi connectivity index (χ1v) is 10.9. The number of anilines is 1. The van der Waals surface area contributed by atoms with Gasteiger partial charge < -0.3 is 14.6 Å². The van der Waals surface area contributed by atoms with Gasteiger partial charge in [0.25, 0.3) is 0 Å². The standard InChI is InChI=1S/C25H20F3N5O2/c26-25(27,28)17-6-7-19(30-14-17)15-33(21-8-5-16-3-1-2-4-20(16)21)24(35)23(34)31-18-9-11-32-12-10-29-22(32)13-18/h1-4,6-7,9-14,21H,5,8,15H2,(H,31,34). The molecule has 0 fully saturated rings. The molecule has 3 aromatic heterocycles. The summed E-state index contributed by atoms with van der Waals surface area (Å²) in [6, 6.07) is 12.7. The highest BCUT2D eigenvalue weighted by Crippen LogP contribution is 2.37. The highest BCUT2D eigenvalue weighted by atomic mass is 19.4. The number of alkyl halides is 3. The number of imidazole rings is 1. The van der Waals surface area contributed by atoms with Crippen LogP contribution in [0.4, 0.5) is 18.9 Å². The number of nitrogens with zero attached hydrogens (tertiary/aromatic N) is 4. The average Bonchev–Trinajstić information content (AvgIpc) is 3.48. The second-order valence-corrected chi connectivity index (χ2v) is 8.28. The van der Waals surface area contributed by atoms with Crippen molar-refractivity contribution < 1.29 is 22.8 Å². The molecule has 7 nitrogen and oxygen atoms in total. The molecule has 35 heavy (non-hydrogen) atoms. The molecule has 2 amide bonds. The molecule has 4 aromatic rings. The molecule has 0 saturated carbocycles. The normalized spacial score (nSPS) is 15.1. The van der Waals surface area contributed by atoms with Gasteiger partial charge >= 0.3 is 18.0 Å². The lowest BCUT2D eigenvalue weighted by Gasteiger charge is -2.29. The number of rotatable bonds is 4. The molecule has 5 rings (SSSR count). The van der Waals surface area contributed by atoms with E-state index in [4.69, 9.17) is 0 Å². The molecule has 1 unspecified atom stereocenters. The van der Waals surface area contributed by atoms with Crippen LogP contribution in [0.3, 0.4) is 0 Å². The molecule has 1 aromatic carbocycles. The molecular weight excluding hydrogens is 459 g/mol. The quantitative estimate of drug-likeness (QED) is 0.440. The van der Waals surface area contributed by atoms with E-state index in [0.717, 1.165) is 29.8 Å². The van der Waals surface area contributed by atoms with E-state index in [-0.39, 0.29) is 12.2 Å². The van der Waals surface area contributed by atoms with E-state index >= 15 is 0 Å². The minimum Gasteiger partial charge on any atom is -0.321 e. The van der Waals surface area contributed by atoms with Crippen molar-refractivity contribution in [3.63, 3.8) is 0 Å². The molecule has 1 aliphatic carbocycles. The second-order valence-electron chi connectivity index (χ2n) is 8.28. The SMILES string of the molecule is O=C(Nc1ccn2ccnc2c1)C(=O)N(Cc1ccc(C(F)(F)F)cn1)C1CCc2ccccc21. The molecule has 0 radical (unpaired) electrons. The number of halogens is 3. The van der Waals surface area contributed by atoms with Gasteiger partial charge in [0.15, 0.2) is 0 Å². The van der Waals surface area contributed by atoms with Crippen LogP contribution < -0.4 is 5.32 Å². The van der Waals surface area contributed by atoms with Gasteiger partial charge in [0.2, 0.25) is 0 Å². The summed E-state index contributed by atoms with van der Waals surface area (Å²) in [5, 5.41) is 2.61. The third-order valence-electron chi connectivity index (χ3n) is 6.07. The van der Waals surface area contributed by atoms with Gasteiger partial charge in [0, 0.05) is 36.5 Å². The number of aromatic nitrogens is 3. The number of aryl methyl sites for hydroxylation is 1. The van der Waals surface area contributed by atoms with Crippen molar-refractivity contribution in [2.75, 3.05) is 5.32 Å². The molecule has 178 valence electrons. The maximum atomic E-state index is 13.4. The highest BCUT2D eigenvalue weighted by molar-refractivity contribution is 6.39. The van der Waals surface area contributed by atoms with Crippen molar-refractivity contribution in [2.45, 2.75) is 31.6 Å². The first kappa shape index (κ1) is 22.6. The summed E-state index contributed by atoms with van der Waals surface area (Å²) in [4.78, 5) is 35.8. The van der Waals surface area contributed by atoms with Gasteiger partial charge in [-0.15, -0.1) is 0 Å². The van der Waals surface area contributed by atoms with E-state index in [0.29, 0.717) is 17.8 Å². The number of amides is 2. The third-order valence-corrected chi connectivity index (χ3v) is 6.07. The summed E-state index contributed by atoms with van der Waals surface area (Å²) in [5.74, 6) is -1.64. The van der Waals surface area contributed by atoms with Crippen LogP contribution in [0.5, 0.6) is 0 Å². The summed E-state index contributed by atoms with van der Waals surface area (Å²) in [6.07, 6.45) is 2.62. The number of carbonyl (C=O) groups is 2. The lowest BCUT2D eigenvalue weighted by molar-refractivity contribution is -0.145. The van der Waals surface area contributed by atoms with Crippen LogP contribution in [0.2, 0.25) is 0 Å². The predicted octanol–water partition coefficient (Wildman–Crippen LogP) is 4.40. The number of pyridine rings is 2. The van der Waals surface area contributed by atoms with Crippen LogP contribution in [0.25, 0.3) is 5.65 Å². The molecule has 0 aliphatic heterocycles. The maximum Gasteiger partial charge on any atom is 0.417 e. The maximum absolute atomic E-state index is 13.4. The van der Waals surface area contributed by atoms with Crippen molar-refractivity contribution >= 4 is 23.1 Å². The second kappa shape index (κ2) is 8.86. The fraction of sp³-hybridized carbons (Fsp3) is 0.200. The van der Waals surface area contributed by atoms with Crippen molar-refractivity contribution in [3.8, 4) is 0 Å². The molecule has 3 heterocycles. The topological polar surface area (TPSA) is 79.6 Å². The first-order chi connectivity index (χ1) is 16.8. The Labute approximate surface area is 198 Å². The Hall–Kier alpha value is -4.21. The van der Waals surface area contributed by atoms with Crippen LogP contribution in [-0.4, -0.2) is 31.1 Å². The fourth-order valence-electron chi connectivity index (χ4n) is 4.35. The van der Waals surface area contributed by atoms with Crippen LogP contribution in [0.15, 0.2) is 73.3 Å². The van der Waals surface area contributed by atoms with E-state index in [1.165, 1.54) is 11.0 Å². The molecule has 0 saturated heterocycles. The molecule has 0 bridgehead atoms. The Morgan fingerprint density at radius 1 is 1.09 bits per heavy atom. The van der Waals surface area contributed by atoms with Crippen LogP contribution >= 0.6 is 0 Å². The zero-order valence-electron chi connectivity index (χ0n) is 18.4. The molecule has 1 N–H and O–H groups in total. The van der Waals surface area contributed by atoms with E-state index < -0.39 is 29.6 Å². The number of hydrogen-bond acceptors (Lipinski definition) is 4. The van der Waals surface area contributed by atoms with Gasteiger partial charge in [-0.25, -0.2) is 4.98 Å². The summed E-state index contributed by atoms with van der Waals surface area (Å²) in [5.41, 5.74) is 2.37. The van der Waals surface area contributed by atoms with Gasteiger partial charge in [-0.2, -0.15) is 13.2 Å². The third kappa shape index (κ3) is 4.59. The summed E-state index contributed by atoms with van der Waals surface area (Å²) in [6.45, 7) is -0.108. The van der Waals surface area contributed by atoms with Crippen LogP contribution in [0.1, 0.15) is 34.8 Å². The van der Waals surface area contributed by atoms with Gasteiger partial charge in [0.05, 0.1) is 23.8 Å². The Morgan fingerprint density at radius 2 is 1.91 bits per heavy atom. The van der Waals surface area contributed by atoms with Gasteiger partial charge in [-0.05, 0) is 42.2 Å². The minimum atomic E-state index is -4.51. The number of carbonyl (C=O) groups excluding carboxylic acids is 2. The van der Waals surface area contributed by atoms with Gasteiger partial charge in [-0.1, -0.05) is 24.3 Å². The largest absolute Gasteiger partial charge is 0.417 e. The molecule has 0 spiro atoms. The zero-order chi connectivity index (χ0) is 24.6. The molecule has 1 aliphatic rings. The number of nitrogens with one attached hydrogen (secondary N) is 1. The van der Waals surface area contributed by atoms with Gasteiger partial charge in [0.1, 0.15) is 5.65 Å². The highest BCUT2D eigenvalue weighted by Gasteiger charge is 2.35. The minimum absolute atomic E-state index is 0.108. The number of fused-ring (bicyclic) bond motifs is 2. The van der Waals surface area contributed by atoms with Crippen molar-refractivity contribution in [2.24, 2.45) is 0 Å². The zero-order valence-corrected chi connectivity index (χ0v) is 18.4. The van der Waals surface area contributed by atoms with Crippen molar-refractivity contribution in [1.29, 1.82) is 0 Å². The summed E-state index contributed by atoms with van der Waals surface area (Å²) < 4.78 is 40.6. The fourth-order valence-corrected chi connectivity index (χ4v) is 4.35. The monoisotopic (exact) mass is 479 g/mol. The molecular formula is C25H20F3N5O2. The molecule has 10 heteroatoms. The lowest BCUT2D eigenvalue weighted by atomic mass is 10.1. The Kier molecular flexibility index (Phi) is 5.72. The van der Waals surface area contributed by atoms with E-state index in [1.54, 1.807) is 35.1 Å². The smallest absolute Gasteiger partial charge is 0.321 e. The van der Waals surface area contributed by atoms with E-state index in [9.17, 15) is 22.8 Å². The van der Waals surface area contributed by atoms with Crippen molar-refractivity contribution in [1.82, 2.24) is 19.3 Å². The van der Waals surface area contributed by atoms with Crippen molar-refractivity contribution in [3.05, 3.63) is 95.7 Å². The van der Waals surface area contributed by atoms with Crippen LogP contribution in [-0.2, 0) is 28.7 Å². The Bertz CT molecular complexity index is 1400. The first-order valence-electron chi connectivity index (χ1n) is 10.9. The number of hydrogen-bond donors (Lipinski definition) is 1.